The molecule has 0 aliphatic heterocycles. The molecule has 1 N–H and O–H groups in total. The van der Waals surface area contributed by atoms with Crippen LogP contribution in [0.25, 0.3) is 5.65 Å². The summed E-state index contributed by atoms with van der Waals surface area (Å²) in [6, 6.07) is 1.84. The Bertz CT molecular complexity index is 678. The van der Waals surface area contributed by atoms with Crippen LogP contribution in [0.4, 0.5) is 0 Å². The number of rotatable bonds is 5. The van der Waals surface area contributed by atoms with E-state index in [1.807, 2.05) is 13.0 Å². The Morgan fingerprint density at radius 2 is 2.14 bits per heavy atom. The fourth-order valence-electron chi connectivity index (χ4n) is 1.99. The van der Waals surface area contributed by atoms with Crippen LogP contribution in [0, 0.1) is 13.8 Å². The summed E-state index contributed by atoms with van der Waals surface area (Å²) < 4.78 is 6.43. The average molecular weight is 290 g/mol. The van der Waals surface area contributed by atoms with Crippen molar-refractivity contribution in [2.45, 2.75) is 27.2 Å². The van der Waals surface area contributed by atoms with Gasteiger partial charge in [0.05, 0.1) is 30.0 Å². The lowest BCUT2D eigenvalue weighted by Crippen LogP contribution is -2.28. The molecule has 0 saturated heterocycles. The first-order valence-electron chi connectivity index (χ1n) is 6.78. The molecule has 2 aromatic rings. The molecular formula is C14H18N4O3. The molecule has 0 unspecified atom stereocenters. The lowest BCUT2D eigenvalue weighted by Gasteiger charge is -2.08. The van der Waals surface area contributed by atoms with E-state index in [1.165, 1.54) is 6.20 Å². The second kappa shape index (κ2) is 6.34. The first-order chi connectivity index (χ1) is 10.0. The van der Waals surface area contributed by atoms with Gasteiger partial charge in [0, 0.05) is 18.8 Å². The van der Waals surface area contributed by atoms with E-state index in [9.17, 15) is 9.59 Å². The summed E-state index contributed by atoms with van der Waals surface area (Å²) in [5, 5.41) is 6.97. The van der Waals surface area contributed by atoms with Crippen LogP contribution < -0.4 is 5.32 Å². The molecule has 1 amide bonds. The van der Waals surface area contributed by atoms with Crippen molar-refractivity contribution in [1.29, 1.82) is 0 Å². The van der Waals surface area contributed by atoms with Crippen molar-refractivity contribution < 1.29 is 14.3 Å². The van der Waals surface area contributed by atoms with Gasteiger partial charge < -0.3 is 10.1 Å². The van der Waals surface area contributed by atoms with E-state index in [1.54, 1.807) is 18.4 Å². The van der Waals surface area contributed by atoms with E-state index in [2.05, 4.69) is 15.4 Å². The Morgan fingerprint density at radius 1 is 1.38 bits per heavy atom. The van der Waals surface area contributed by atoms with Crippen LogP contribution in [0.3, 0.4) is 0 Å². The fraction of sp³-hybridized carbons (Fsp3) is 0.429. The molecule has 21 heavy (non-hydrogen) atoms. The summed E-state index contributed by atoms with van der Waals surface area (Å²) in [6.07, 6.45) is 1.67. The number of ether oxygens (including phenoxy) is 1. The van der Waals surface area contributed by atoms with Gasteiger partial charge in [0.25, 0.3) is 5.91 Å². The maximum Gasteiger partial charge on any atom is 0.307 e. The Hall–Kier alpha value is -2.44. The molecule has 0 fully saturated rings. The molecule has 0 aromatic carbocycles. The number of aromatic nitrogens is 3. The van der Waals surface area contributed by atoms with Gasteiger partial charge in [0.15, 0.2) is 5.65 Å². The van der Waals surface area contributed by atoms with Gasteiger partial charge in [-0.3, -0.25) is 9.59 Å². The van der Waals surface area contributed by atoms with Gasteiger partial charge >= 0.3 is 5.97 Å². The smallest absolute Gasteiger partial charge is 0.307 e. The van der Waals surface area contributed by atoms with Gasteiger partial charge in [-0.25, -0.2) is 9.50 Å². The summed E-state index contributed by atoms with van der Waals surface area (Å²) in [5.41, 5.74) is 2.69. The highest BCUT2D eigenvalue weighted by Gasteiger charge is 2.14. The van der Waals surface area contributed by atoms with Crippen LogP contribution in [0.5, 0.6) is 0 Å². The van der Waals surface area contributed by atoms with Gasteiger partial charge in [-0.15, -0.1) is 0 Å². The molecule has 0 bridgehead atoms. The van der Waals surface area contributed by atoms with Crippen molar-refractivity contribution in [2.75, 3.05) is 13.2 Å². The molecule has 0 aliphatic carbocycles. The van der Waals surface area contributed by atoms with E-state index >= 15 is 0 Å². The third kappa shape index (κ3) is 3.36. The third-order valence-electron chi connectivity index (χ3n) is 3.01. The second-order valence-electron chi connectivity index (χ2n) is 4.62. The minimum Gasteiger partial charge on any atom is -0.466 e. The number of fused-ring (bicyclic) bond motifs is 1. The average Bonchev–Trinajstić information content (AvgIpc) is 2.81. The lowest BCUT2D eigenvalue weighted by atomic mass is 10.2. The monoisotopic (exact) mass is 290 g/mol. The van der Waals surface area contributed by atoms with Gasteiger partial charge in [-0.2, -0.15) is 5.10 Å². The third-order valence-corrected chi connectivity index (χ3v) is 3.01. The number of aryl methyl sites for hydroxylation is 2. The number of esters is 1. The molecule has 2 aromatic heterocycles. The van der Waals surface area contributed by atoms with Gasteiger partial charge in [0.2, 0.25) is 0 Å². The number of nitrogens with zero attached hydrogens (tertiary/aromatic N) is 3. The second-order valence-corrected chi connectivity index (χ2v) is 4.62. The Balaban J connectivity index is 2.06. The van der Waals surface area contributed by atoms with Crippen molar-refractivity contribution in [3.8, 4) is 0 Å². The highest BCUT2D eigenvalue weighted by molar-refractivity contribution is 5.95. The maximum absolute atomic E-state index is 12.1. The number of hydrogen-bond donors (Lipinski definition) is 1. The number of amides is 1. The summed E-state index contributed by atoms with van der Waals surface area (Å²) in [6.45, 7) is 5.99. The summed E-state index contributed by atoms with van der Waals surface area (Å²) in [7, 11) is 0. The summed E-state index contributed by atoms with van der Waals surface area (Å²) in [4.78, 5) is 27.5. The fourth-order valence-corrected chi connectivity index (χ4v) is 1.99. The van der Waals surface area contributed by atoms with Crippen molar-refractivity contribution in [3.63, 3.8) is 0 Å². The van der Waals surface area contributed by atoms with Crippen LogP contribution in [0.1, 0.15) is 35.1 Å². The number of carbonyl (C=O) groups is 2. The van der Waals surface area contributed by atoms with E-state index < -0.39 is 0 Å². The molecule has 0 spiro atoms. The van der Waals surface area contributed by atoms with E-state index in [0.717, 1.165) is 5.69 Å². The lowest BCUT2D eigenvalue weighted by molar-refractivity contribution is -0.142. The van der Waals surface area contributed by atoms with Crippen LogP contribution in [-0.4, -0.2) is 39.6 Å². The minimum absolute atomic E-state index is 0.148. The van der Waals surface area contributed by atoms with Gasteiger partial charge in [-0.1, -0.05) is 0 Å². The molecule has 2 heterocycles. The predicted octanol–water partition coefficient (Wildman–Crippen LogP) is 1.03. The van der Waals surface area contributed by atoms with E-state index in [0.29, 0.717) is 23.5 Å². The number of hydrogen-bond acceptors (Lipinski definition) is 5. The standard InChI is InChI=1S/C14H18N4O3/c1-4-21-13(19)5-6-15-14(20)11-8-16-12-7-9(2)17-18(12)10(11)3/h7-8H,4-6H2,1-3H3,(H,15,20). The molecule has 0 atom stereocenters. The van der Waals surface area contributed by atoms with Crippen LogP contribution in [0.15, 0.2) is 12.3 Å². The molecule has 2 rings (SSSR count). The van der Waals surface area contributed by atoms with Crippen molar-refractivity contribution in [3.05, 3.63) is 29.2 Å². The highest BCUT2D eigenvalue weighted by atomic mass is 16.5. The molecule has 112 valence electrons. The SMILES string of the molecule is CCOC(=O)CCNC(=O)c1cnc2cc(C)nn2c1C. The highest BCUT2D eigenvalue weighted by Crippen LogP contribution is 2.10. The van der Waals surface area contributed by atoms with Crippen LogP contribution >= 0.6 is 0 Å². The molecule has 0 radical (unpaired) electrons. The summed E-state index contributed by atoms with van der Waals surface area (Å²) >= 11 is 0. The normalized spacial score (nSPS) is 10.6. The first kappa shape index (κ1) is 15.0. The quantitative estimate of drug-likeness (QED) is 0.831. The molecular weight excluding hydrogens is 272 g/mol. The van der Waals surface area contributed by atoms with Crippen molar-refractivity contribution in [1.82, 2.24) is 19.9 Å². The molecule has 7 nitrogen and oxygen atoms in total. The maximum atomic E-state index is 12.1. The van der Waals surface area contributed by atoms with Gasteiger partial charge in [0.1, 0.15) is 0 Å². The molecule has 7 heteroatoms. The van der Waals surface area contributed by atoms with Crippen LogP contribution in [-0.2, 0) is 9.53 Å². The van der Waals surface area contributed by atoms with Crippen molar-refractivity contribution >= 4 is 17.5 Å². The minimum atomic E-state index is -0.328. The Labute approximate surface area is 122 Å². The largest absolute Gasteiger partial charge is 0.466 e. The van der Waals surface area contributed by atoms with Gasteiger partial charge in [-0.05, 0) is 20.8 Å². The van der Waals surface area contributed by atoms with E-state index in [-0.39, 0.29) is 24.8 Å². The number of carbonyl (C=O) groups excluding carboxylic acids is 2. The zero-order chi connectivity index (χ0) is 15.4. The summed E-state index contributed by atoms with van der Waals surface area (Å²) in [5.74, 6) is -0.606. The Morgan fingerprint density at radius 3 is 2.86 bits per heavy atom. The van der Waals surface area contributed by atoms with E-state index in [4.69, 9.17) is 4.74 Å². The van der Waals surface area contributed by atoms with Crippen molar-refractivity contribution in [2.24, 2.45) is 0 Å². The zero-order valence-corrected chi connectivity index (χ0v) is 12.3. The Kier molecular flexibility index (Phi) is 4.52. The number of nitrogens with one attached hydrogen (secondary N) is 1. The topological polar surface area (TPSA) is 85.6 Å². The zero-order valence-electron chi connectivity index (χ0n) is 12.3. The van der Waals surface area contributed by atoms with Crippen LogP contribution in [0.2, 0.25) is 0 Å². The molecule has 0 saturated carbocycles. The predicted molar refractivity (Wildman–Crippen MR) is 76.0 cm³/mol. The molecule has 0 aliphatic rings. The first-order valence-corrected chi connectivity index (χ1v) is 6.78.